The van der Waals surface area contributed by atoms with Gasteiger partial charge in [0.1, 0.15) is 0 Å². The summed E-state index contributed by atoms with van der Waals surface area (Å²) in [5.41, 5.74) is 0.795. The molecule has 1 saturated heterocycles. The van der Waals surface area contributed by atoms with Crippen molar-refractivity contribution >= 4 is 0 Å². The van der Waals surface area contributed by atoms with E-state index in [0.717, 1.165) is 51.5 Å². The second-order valence-electron chi connectivity index (χ2n) is 8.98. The lowest BCUT2D eigenvalue weighted by molar-refractivity contribution is -0.127. The number of β-amino-alcohol motifs (C(OH)–C–C–N with tert-alkyl or cyclic N) is 1. The normalized spacial score (nSPS) is 37.2. The Morgan fingerprint density at radius 3 is 2.27 bits per heavy atom. The third-order valence-electron chi connectivity index (χ3n) is 7.44. The number of aliphatic hydroxyl groups is 2. The van der Waals surface area contributed by atoms with Crippen LogP contribution in [0.5, 0.6) is 0 Å². The average Bonchev–Trinajstić information content (AvgIpc) is 2.91. The van der Waals surface area contributed by atoms with Gasteiger partial charge in [0, 0.05) is 24.2 Å². The topological polar surface area (TPSA) is 59.0 Å². The molecule has 4 rings (SSSR count). The molecule has 2 aliphatic carbocycles. The Hall–Kier alpha value is -0.980. The van der Waals surface area contributed by atoms with E-state index in [-0.39, 0.29) is 11.1 Å². The Balaban J connectivity index is 1.55. The van der Waals surface area contributed by atoms with E-state index in [2.05, 4.69) is 59.5 Å². The lowest BCUT2D eigenvalue weighted by Crippen LogP contribution is -2.60. The van der Waals surface area contributed by atoms with Crippen LogP contribution in [-0.2, 0) is 5.54 Å². The molecule has 2 saturated carbocycles. The first kappa shape index (κ1) is 18.4. The summed E-state index contributed by atoms with van der Waals surface area (Å²) in [7, 11) is 4.36. The van der Waals surface area contributed by atoms with Crippen LogP contribution in [0.15, 0.2) is 30.3 Å². The fraction of sp³-hybridized carbons (Fsp3) is 0.714. The quantitative estimate of drug-likeness (QED) is 0.766. The van der Waals surface area contributed by atoms with E-state index in [0.29, 0.717) is 6.54 Å². The van der Waals surface area contributed by atoms with E-state index >= 15 is 0 Å². The molecular formula is C21H33N3O2. The molecule has 1 aromatic rings. The molecule has 0 radical (unpaired) electrons. The van der Waals surface area contributed by atoms with Crippen LogP contribution >= 0.6 is 0 Å². The Kier molecular flexibility index (Phi) is 4.65. The summed E-state index contributed by atoms with van der Waals surface area (Å²) in [6.07, 6.45) is 6.36. The third kappa shape index (κ3) is 2.90. The van der Waals surface area contributed by atoms with Gasteiger partial charge in [-0.2, -0.15) is 0 Å². The van der Waals surface area contributed by atoms with Crippen molar-refractivity contribution in [3.63, 3.8) is 0 Å². The zero-order valence-corrected chi connectivity index (χ0v) is 16.1. The average molecular weight is 360 g/mol. The highest BCUT2D eigenvalue weighted by molar-refractivity contribution is 5.26. The molecule has 0 bridgehead atoms. The van der Waals surface area contributed by atoms with Crippen molar-refractivity contribution in [1.29, 1.82) is 0 Å². The first-order chi connectivity index (χ1) is 12.4. The van der Waals surface area contributed by atoms with Crippen molar-refractivity contribution in [3.05, 3.63) is 35.9 Å². The molecule has 144 valence electrons. The molecule has 1 unspecified atom stereocenters. The minimum atomic E-state index is -0.636. The summed E-state index contributed by atoms with van der Waals surface area (Å²) in [5, 5.41) is 24.5. The van der Waals surface area contributed by atoms with Crippen LogP contribution in [0, 0.1) is 0 Å². The number of hydrogen-bond acceptors (Lipinski definition) is 5. The summed E-state index contributed by atoms with van der Waals surface area (Å²) in [6, 6.07) is 10.8. The van der Waals surface area contributed by atoms with Crippen molar-refractivity contribution < 1.29 is 10.2 Å². The molecule has 1 spiro atoms. The second kappa shape index (κ2) is 6.57. The van der Waals surface area contributed by atoms with Gasteiger partial charge in [-0.15, -0.1) is 0 Å². The van der Waals surface area contributed by atoms with Crippen LogP contribution in [0.4, 0.5) is 0 Å². The number of nitrogens with zero attached hydrogens (tertiary/aromatic N) is 2. The predicted molar refractivity (Wildman–Crippen MR) is 103 cm³/mol. The van der Waals surface area contributed by atoms with E-state index in [4.69, 9.17) is 0 Å². The van der Waals surface area contributed by atoms with Crippen molar-refractivity contribution in [1.82, 2.24) is 15.1 Å². The summed E-state index contributed by atoms with van der Waals surface area (Å²) in [4.78, 5) is 4.54. The van der Waals surface area contributed by atoms with Crippen LogP contribution in [0.2, 0.25) is 0 Å². The van der Waals surface area contributed by atoms with Crippen LogP contribution in [-0.4, -0.2) is 64.7 Å². The summed E-state index contributed by atoms with van der Waals surface area (Å²) in [6.45, 7) is 1.39. The number of nitrogens with one attached hydrogen (secondary N) is 1. The van der Waals surface area contributed by atoms with Crippen molar-refractivity contribution in [3.8, 4) is 0 Å². The molecule has 1 aromatic carbocycles. The molecule has 3 N–H and O–H groups in total. The minimum Gasteiger partial charge on any atom is -0.389 e. The monoisotopic (exact) mass is 359 g/mol. The van der Waals surface area contributed by atoms with Crippen molar-refractivity contribution in [2.75, 3.05) is 27.2 Å². The van der Waals surface area contributed by atoms with E-state index in [1.165, 1.54) is 5.56 Å². The summed E-state index contributed by atoms with van der Waals surface area (Å²) in [5.74, 6) is 0. The fourth-order valence-electron chi connectivity index (χ4n) is 5.40. The first-order valence-electron chi connectivity index (χ1n) is 10.0. The lowest BCUT2D eigenvalue weighted by Gasteiger charge is -2.53. The van der Waals surface area contributed by atoms with Gasteiger partial charge in [0.05, 0.1) is 5.60 Å². The smallest absolute Gasteiger partial charge is 0.163 e. The maximum atomic E-state index is 10.7. The summed E-state index contributed by atoms with van der Waals surface area (Å²) < 4.78 is 0. The van der Waals surface area contributed by atoms with Gasteiger partial charge >= 0.3 is 0 Å². The van der Waals surface area contributed by atoms with Gasteiger partial charge in [0.2, 0.25) is 0 Å². The molecule has 26 heavy (non-hydrogen) atoms. The number of hydrogen-bond donors (Lipinski definition) is 3. The van der Waals surface area contributed by atoms with Crippen molar-refractivity contribution in [2.24, 2.45) is 0 Å². The molecule has 3 fully saturated rings. The van der Waals surface area contributed by atoms with Gasteiger partial charge in [0.15, 0.2) is 6.35 Å². The van der Waals surface area contributed by atoms with Crippen LogP contribution in [0.3, 0.4) is 0 Å². The predicted octanol–water partition coefficient (Wildman–Crippen LogP) is 1.85. The Bertz CT molecular complexity index is 621. The number of aliphatic hydroxyl groups excluding tert-OH is 1. The Morgan fingerprint density at radius 2 is 1.73 bits per heavy atom. The van der Waals surface area contributed by atoms with Crippen LogP contribution in [0.25, 0.3) is 0 Å². The van der Waals surface area contributed by atoms with Gasteiger partial charge in [-0.25, -0.2) is 0 Å². The number of benzene rings is 1. The second-order valence-corrected chi connectivity index (χ2v) is 8.98. The highest BCUT2D eigenvalue weighted by Crippen LogP contribution is 2.48. The zero-order chi connectivity index (χ0) is 18.4. The largest absolute Gasteiger partial charge is 0.389 e. The lowest BCUT2D eigenvalue weighted by atomic mass is 9.68. The fourth-order valence-corrected chi connectivity index (χ4v) is 5.40. The molecule has 0 aromatic heterocycles. The molecule has 1 aliphatic heterocycles. The van der Waals surface area contributed by atoms with Crippen LogP contribution < -0.4 is 5.32 Å². The van der Waals surface area contributed by atoms with E-state index < -0.39 is 12.0 Å². The van der Waals surface area contributed by atoms with Crippen molar-refractivity contribution in [2.45, 2.75) is 68.0 Å². The maximum absolute atomic E-state index is 10.7. The van der Waals surface area contributed by atoms with Gasteiger partial charge in [-0.3, -0.25) is 15.1 Å². The molecule has 1 atom stereocenters. The molecule has 5 heteroatoms. The maximum Gasteiger partial charge on any atom is 0.163 e. The molecular weight excluding hydrogens is 326 g/mol. The van der Waals surface area contributed by atoms with E-state index in [1.54, 1.807) is 0 Å². The van der Waals surface area contributed by atoms with Gasteiger partial charge < -0.3 is 10.2 Å². The van der Waals surface area contributed by atoms with E-state index in [9.17, 15) is 10.2 Å². The van der Waals surface area contributed by atoms with Gasteiger partial charge in [0.25, 0.3) is 0 Å². The summed E-state index contributed by atoms with van der Waals surface area (Å²) >= 11 is 0. The van der Waals surface area contributed by atoms with Crippen LogP contribution in [0.1, 0.15) is 50.5 Å². The van der Waals surface area contributed by atoms with E-state index in [1.807, 2.05) is 0 Å². The molecule has 3 aliphatic rings. The SMILES string of the molecule is CN(C)C1(c2ccccc2)CCC2(CC1)CNC(O)N2CC1(O)CCC1. The highest BCUT2D eigenvalue weighted by atomic mass is 16.3. The third-order valence-corrected chi connectivity index (χ3v) is 7.44. The number of rotatable bonds is 4. The Morgan fingerprint density at radius 1 is 1.08 bits per heavy atom. The first-order valence-corrected chi connectivity index (χ1v) is 10.0. The molecule has 0 amide bonds. The highest BCUT2D eigenvalue weighted by Gasteiger charge is 2.54. The Labute approximate surface area is 157 Å². The van der Waals surface area contributed by atoms with Gasteiger partial charge in [-0.05, 0) is 64.6 Å². The standard InChI is InChI=1S/C21H33N3O2/c1-23(2)21(17-7-4-3-5-8-17)13-11-19(12-14-21)15-22-18(25)24(19)16-20(26)9-6-10-20/h3-5,7-8,18,22,25-26H,6,9-16H2,1-2H3. The minimum absolute atomic E-state index is 0.0426. The molecule has 5 nitrogen and oxygen atoms in total. The zero-order valence-electron chi connectivity index (χ0n) is 16.1. The molecule has 1 heterocycles. The van der Waals surface area contributed by atoms with Gasteiger partial charge in [-0.1, -0.05) is 30.3 Å².